The fraction of sp³-hybridized carbons (Fsp3) is 0.231. The van der Waals surface area contributed by atoms with Gasteiger partial charge in [-0.2, -0.15) is 0 Å². The van der Waals surface area contributed by atoms with Crippen molar-refractivity contribution < 1.29 is 9.90 Å². The number of imidazole rings is 1. The van der Waals surface area contributed by atoms with Crippen molar-refractivity contribution in [3.05, 3.63) is 33.8 Å². The number of aromatic carboxylic acids is 1. The van der Waals surface area contributed by atoms with Crippen molar-refractivity contribution in [3.63, 3.8) is 0 Å². The topological polar surface area (TPSA) is 54.6 Å². The normalized spacial score (nSPS) is 11.3. The van der Waals surface area contributed by atoms with E-state index < -0.39 is 5.97 Å². The zero-order valence-corrected chi connectivity index (χ0v) is 12.1. The summed E-state index contributed by atoms with van der Waals surface area (Å²) < 4.78 is 1.98. The molecule has 3 rings (SSSR count). The smallest absolute Gasteiger partial charge is 0.347 e. The SMILES string of the molecule is CCc1c(C(=O)O)sc2nc(-c3cccs3)c(C)n12. The lowest BCUT2D eigenvalue weighted by Crippen LogP contribution is -2.01. The monoisotopic (exact) mass is 292 g/mol. The Morgan fingerprint density at radius 3 is 2.89 bits per heavy atom. The summed E-state index contributed by atoms with van der Waals surface area (Å²) in [4.78, 5) is 18.1. The first-order valence-electron chi connectivity index (χ1n) is 5.91. The molecule has 0 saturated carbocycles. The van der Waals surface area contributed by atoms with E-state index in [4.69, 9.17) is 0 Å². The van der Waals surface area contributed by atoms with Crippen LogP contribution < -0.4 is 0 Å². The van der Waals surface area contributed by atoms with E-state index in [2.05, 4.69) is 4.98 Å². The Hall–Kier alpha value is -1.66. The van der Waals surface area contributed by atoms with Crippen LogP contribution >= 0.6 is 22.7 Å². The molecule has 0 spiro atoms. The molecule has 98 valence electrons. The standard InChI is InChI=1S/C13H12N2O2S2/c1-3-8-11(12(16)17)19-13-14-10(7(2)15(8)13)9-5-4-6-18-9/h4-6H,3H2,1-2H3,(H,16,17). The van der Waals surface area contributed by atoms with Crippen molar-refractivity contribution in [2.45, 2.75) is 20.3 Å². The molecule has 0 aliphatic carbocycles. The molecule has 0 atom stereocenters. The Morgan fingerprint density at radius 1 is 1.53 bits per heavy atom. The third kappa shape index (κ3) is 1.79. The van der Waals surface area contributed by atoms with Crippen molar-refractivity contribution in [1.82, 2.24) is 9.38 Å². The summed E-state index contributed by atoms with van der Waals surface area (Å²) >= 11 is 2.89. The van der Waals surface area contributed by atoms with E-state index in [1.54, 1.807) is 11.3 Å². The van der Waals surface area contributed by atoms with Gasteiger partial charge in [-0.1, -0.05) is 24.3 Å². The fourth-order valence-corrected chi connectivity index (χ4v) is 4.11. The Balaban J connectivity index is 2.29. The zero-order valence-electron chi connectivity index (χ0n) is 10.5. The molecule has 1 N–H and O–H groups in total. The van der Waals surface area contributed by atoms with Crippen LogP contribution in [0.25, 0.3) is 15.5 Å². The summed E-state index contributed by atoms with van der Waals surface area (Å²) in [5, 5.41) is 11.3. The number of nitrogens with zero attached hydrogens (tertiary/aromatic N) is 2. The number of aryl methyl sites for hydroxylation is 2. The average Bonchev–Trinajstić information content (AvgIpc) is 3.05. The number of hydrogen-bond donors (Lipinski definition) is 1. The van der Waals surface area contributed by atoms with E-state index in [-0.39, 0.29) is 0 Å². The minimum absolute atomic E-state index is 0.394. The zero-order chi connectivity index (χ0) is 13.6. The highest BCUT2D eigenvalue weighted by atomic mass is 32.1. The maximum Gasteiger partial charge on any atom is 0.347 e. The maximum absolute atomic E-state index is 11.2. The number of thiophene rings is 1. The van der Waals surface area contributed by atoms with Crippen LogP contribution in [0, 0.1) is 6.92 Å². The molecule has 3 aromatic rings. The Morgan fingerprint density at radius 2 is 2.32 bits per heavy atom. The van der Waals surface area contributed by atoms with Crippen LogP contribution in [0.3, 0.4) is 0 Å². The van der Waals surface area contributed by atoms with E-state index in [1.165, 1.54) is 11.3 Å². The van der Waals surface area contributed by atoms with Crippen molar-refractivity contribution in [2.24, 2.45) is 0 Å². The molecule has 0 unspecified atom stereocenters. The molecule has 0 bridgehead atoms. The van der Waals surface area contributed by atoms with Gasteiger partial charge in [0.1, 0.15) is 10.6 Å². The fourth-order valence-electron chi connectivity index (χ4n) is 2.25. The quantitative estimate of drug-likeness (QED) is 0.801. The summed E-state index contributed by atoms with van der Waals surface area (Å²) in [6.07, 6.45) is 0.683. The van der Waals surface area contributed by atoms with E-state index in [9.17, 15) is 9.90 Å². The van der Waals surface area contributed by atoms with E-state index in [0.29, 0.717) is 11.3 Å². The lowest BCUT2D eigenvalue weighted by atomic mass is 10.2. The summed E-state index contributed by atoms with van der Waals surface area (Å²) in [6, 6.07) is 4.03. The van der Waals surface area contributed by atoms with Gasteiger partial charge in [0, 0.05) is 11.4 Å². The van der Waals surface area contributed by atoms with Gasteiger partial charge in [-0.25, -0.2) is 9.78 Å². The van der Waals surface area contributed by atoms with Gasteiger partial charge in [-0.15, -0.1) is 11.3 Å². The molecular formula is C13H12N2O2S2. The molecular weight excluding hydrogens is 280 g/mol. The Bertz CT molecular complexity index is 753. The van der Waals surface area contributed by atoms with Crippen LogP contribution in [0.2, 0.25) is 0 Å². The van der Waals surface area contributed by atoms with Gasteiger partial charge in [0.05, 0.1) is 4.88 Å². The van der Waals surface area contributed by atoms with Gasteiger partial charge in [0.2, 0.25) is 0 Å². The van der Waals surface area contributed by atoms with Crippen molar-refractivity contribution in [1.29, 1.82) is 0 Å². The number of aromatic nitrogens is 2. The highest BCUT2D eigenvalue weighted by molar-refractivity contribution is 7.19. The second-order valence-electron chi connectivity index (χ2n) is 4.18. The number of thiazole rings is 1. The van der Waals surface area contributed by atoms with Gasteiger partial charge in [-0.05, 0) is 24.8 Å². The summed E-state index contributed by atoms with van der Waals surface area (Å²) in [5.41, 5.74) is 2.80. The predicted octanol–water partition coefficient (Wildman–Crippen LogP) is 3.69. The lowest BCUT2D eigenvalue weighted by molar-refractivity contribution is 0.0700. The first kappa shape index (κ1) is 12.4. The molecule has 0 radical (unpaired) electrons. The number of hydrogen-bond acceptors (Lipinski definition) is 4. The number of carboxylic acids is 1. The first-order valence-corrected chi connectivity index (χ1v) is 7.61. The summed E-state index contributed by atoms with van der Waals surface area (Å²) in [6.45, 7) is 3.96. The average molecular weight is 292 g/mol. The maximum atomic E-state index is 11.2. The summed E-state index contributed by atoms with van der Waals surface area (Å²) in [7, 11) is 0. The number of rotatable bonds is 3. The summed E-state index contributed by atoms with van der Waals surface area (Å²) in [5.74, 6) is -0.871. The van der Waals surface area contributed by atoms with Crippen molar-refractivity contribution in [2.75, 3.05) is 0 Å². The molecule has 0 fully saturated rings. The second kappa shape index (κ2) is 4.47. The van der Waals surface area contributed by atoms with Crippen LogP contribution in [-0.4, -0.2) is 20.5 Å². The Labute approximate surface area is 118 Å². The largest absolute Gasteiger partial charge is 0.477 e. The molecule has 0 amide bonds. The van der Waals surface area contributed by atoms with Gasteiger partial charge in [-0.3, -0.25) is 4.40 Å². The third-order valence-corrected chi connectivity index (χ3v) is 5.03. The van der Waals surface area contributed by atoms with Crippen LogP contribution in [0.15, 0.2) is 17.5 Å². The third-order valence-electron chi connectivity index (χ3n) is 3.09. The first-order chi connectivity index (χ1) is 9.13. The van der Waals surface area contributed by atoms with Gasteiger partial charge >= 0.3 is 5.97 Å². The van der Waals surface area contributed by atoms with Gasteiger partial charge in [0.25, 0.3) is 0 Å². The van der Waals surface area contributed by atoms with Gasteiger partial charge in [0.15, 0.2) is 4.96 Å². The van der Waals surface area contributed by atoms with Crippen LogP contribution in [0.1, 0.15) is 28.0 Å². The molecule has 6 heteroatoms. The Kier molecular flexibility index (Phi) is 2.91. The minimum Gasteiger partial charge on any atom is -0.477 e. The van der Waals surface area contributed by atoms with Gasteiger partial charge < -0.3 is 5.11 Å². The highest BCUT2D eigenvalue weighted by Crippen LogP contribution is 2.33. The van der Waals surface area contributed by atoms with Crippen LogP contribution in [0.4, 0.5) is 0 Å². The molecule has 19 heavy (non-hydrogen) atoms. The van der Waals surface area contributed by atoms with Crippen LogP contribution in [-0.2, 0) is 6.42 Å². The molecule has 0 saturated heterocycles. The predicted molar refractivity (Wildman–Crippen MR) is 77.5 cm³/mol. The molecule has 0 aromatic carbocycles. The number of fused-ring (bicyclic) bond motifs is 1. The molecule has 3 heterocycles. The minimum atomic E-state index is -0.871. The molecule has 0 aliphatic heterocycles. The number of carboxylic acid groups (broad SMARTS) is 1. The highest BCUT2D eigenvalue weighted by Gasteiger charge is 2.21. The van der Waals surface area contributed by atoms with E-state index >= 15 is 0 Å². The van der Waals surface area contributed by atoms with E-state index in [0.717, 1.165) is 26.9 Å². The number of carbonyl (C=O) groups is 1. The molecule has 3 aromatic heterocycles. The lowest BCUT2D eigenvalue weighted by Gasteiger charge is -2.00. The van der Waals surface area contributed by atoms with Crippen molar-refractivity contribution in [3.8, 4) is 10.6 Å². The van der Waals surface area contributed by atoms with E-state index in [1.807, 2.05) is 35.8 Å². The molecule has 4 nitrogen and oxygen atoms in total. The molecule has 0 aliphatic rings. The second-order valence-corrected chi connectivity index (χ2v) is 6.10. The van der Waals surface area contributed by atoms with Crippen molar-refractivity contribution >= 4 is 33.6 Å². The van der Waals surface area contributed by atoms with Crippen LogP contribution in [0.5, 0.6) is 0 Å².